The van der Waals surface area contributed by atoms with E-state index >= 15 is 0 Å². The van der Waals surface area contributed by atoms with Crippen molar-refractivity contribution in [1.29, 1.82) is 0 Å². The molecule has 0 radical (unpaired) electrons. The highest BCUT2D eigenvalue weighted by atomic mass is 16.5. The maximum Gasteiger partial charge on any atom is 0.304 e. The van der Waals surface area contributed by atoms with Crippen LogP contribution in [0.3, 0.4) is 0 Å². The van der Waals surface area contributed by atoms with Crippen LogP contribution in [0.15, 0.2) is 4.52 Å². The summed E-state index contributed by atoms with van der Waals surface area (Å²) >= 11 is 0. The quantitative estimate of drug-likeness (QED) is 0.671. The van der Waals surface area contributed by atoms with Crippen molar-refractivity contribution in [3.05, 3.63) is 11.7 Å². The van der Waals surface area contributed by atoms with Crippen LogP contribution in [0, 0.1) is 5.92 Å². The number of nitrogens with one attached hydrogen (secondary N) is 1. The number of rotatable bonds is 7. The zero-order valence-electron chi connectivity index (χ0n) is 9.56. The minimum absolute atomic E-state index is 0.0903. The normalized spacial score (nSPS) is 10.9. The molecule has 0 aliphatic carbocycles. The van der Waals surface area contributed by atoms with Gasteiger partial charge in [0.05, 0.1) is 13.0 Å². The van der Waals surface area contributed by atoms with Crippen molar-refractivity contribution >= 4 is 5.97 Å². The summed E-state index contributed by atoms with van der Waals surface area (Å²) in [6.07, 6.45) is 0.881. The van der Waals surface area contributed by atoms with Crippen LogP contribution >= 0.6 is 0 Å². The minimum Gasteiger partial charge on any atom is -0.481 e. The molecule has 90 valence electrons. The number of hydrogen-bond donors (Lipinski definition) is 2. The Morgan fingerprint density at radius 3 is 2.94 bits per heavy atom. The molecule has 1 heterocycles. The van der Waals surface area contributed by atoms with E-state index in [1.807, 2.05) is 0 Å². The Morgan fingerprint density at radius 1 is 1.56 bits per heavy atom. The van der Waals surface area contributed by atoms with E-state index in [9.17, 15) is 4.79 Å². The molecule has 2 N–H and O–H groups in total. The zero-order valence-corrected chi connectivity index (χ0v) is 9.56. The van der Waals surface area contributed by atoms with Crippen LogP contribution in [-0.2, 0) is 17.8 Å². The standard InChI is InChI=1S/C10H17N3O3/c1-7(2)5-8-12-9(16-13-8)6-11-4-3-10(14)15/h7,11H,3-6H2,1-2H3,(H,14,15). The van der Waals surface area contributed by atoms with Gasteiger partial charge in [0.1, 0.15) is 0 Å². The third-order valence-electron chi connectivity index (χ3n) is 1.89. The van der Waals surface area contributed by atoms with Gasteiger partial charge in [-0.05, 0) is 5.92 Å². The molecule has 0 saturated heterocycles. The molecule has 0 atom stereocenters. The van der Waals surface area contributed by atoms with Gasteiger partial charge in [-0.1, -0.05) is 19.0 Å². The Kier molecular flexibility index (Phi) is 4.91. The van der Waals surface area contributed by atoms with Gasteiger partial charge in [0.2, 0.25) is 5.89 Å². The molecule has 0 unspecified atom stereocenters. The topological polar surface area (TPSA) is 88.2 Å². The van der Waals surface area contributed by atoms with Gasteiger partial charge < -0.3 is 14.9 Å². The SMILES string of the molecule is CC(C)Cc1noc(CNCCC(=O)O)n1. The van der Waals surface area contributed by atoms with Crippen molar-refractivity contribution in [3.8, 4) is 0 Å². The fraction of sp³-hybridized carbons (Fsp3) is 0.700. The van der Waals surface area contributed by atoms with Crippen LogP contribution in [0.2, 0.25) is 0 Å². The van der Waals surface area contributed by atoms with E-state index in [-0.39, 0.29) is 6.42 Å². The van der Waals surface area contributed by atoms with E-state index < -0.39 is 5.97 Å². The summed E-state index contributed by atoms with van der Waals surface area (Å²) in [5, 5.41) is 15.2. The molecule has 6 heteroatoms. The first-order valence-electron chi connectivity index (χ1n) is 5.32. The predicted octanol–water partition coefficient (Wildman–Crippen LogP) is 0.832. The second kappa shape index (κ2) is 6.22. The molecular weight excluding hydrogens is 210 g/mol. The number of carbonyl (C=O) groups is 1. The summed E-state index contributed by atoms with van der Waals surface area (Å²) < 4.78 is 5.00. The minimum atomic E-state index is -0.821. The molecule has 1 aromatic heterocycles. The van der Waals surface area contributed by atoms with Crippen LogP contribution in [-0.4, -0.2) is 27.8 Å². The van der Waals surface area contributed by atoms with Crippen molar-refractivity contribution in [2.75, 3.05) is 6.54 Å². The molecule has 0 aliphatic heterocycles. The predicted molar refractivity (Wildman–Crippen MR) is 56.8 cm³/mol. The lowest BCUT2D eigenvalue weighted by Crippen LogP contribution is -2.17. The fourth-order valence-corrected chi connectivity index (χ4v) is 1.20. The summed E-state index contributed by atoms with van der Waals surface area (Å²) in [6, 6.07) is 0. The summed E-state index contributed by atoms with van der Waals surface area (Å²) in [5.74, 6) is 0.870. The molecule has 1 aromatic rings. The maximum atomic E-state index is 10.2. The fourth-order valence-electron chi connectivity index (χ4n) is 1.20. The van der Waals surface area contributed by atoms with E-state index in [4.69, 9.17) is 9.63 Å². The van der Waals surface area contributed by atoms with Crippen molar-refractivity contribution < 1.29 is 14.4 Å². The third kappa shape index (κ3) is 4.88. The average Bonchev–Trinajstić information content (AvgIpc) is 2.59. The lowest BCUT2D eigenvalue weighted by atomic mass is 10.1. The van der Waals surface area contributed by atoms with Crippen molar-refractivity contribution in [1.82, 2.24) is 15.5 Å². The van der Waals surface area contributed by atoms with Crippen molar-refractivity contribution in [2.24, 2.45) is 5.92 Å². The smallest absolute Gasteiger partial charge is 0.304 e. The Labute approximate surface area is 94.0 Å². The Balaban J connectivity index is 2.26. The number of aromatic nitrogens is 2. The van der Waals surface area contributed by atoms with E-state index in [0.29, 0.717) is 30.7 Å². The van der Waals surface area contributed by atoms with Gasteiger partial charge in [0, 0.05) is 13.0 Å². The number of hydrogen-bond acceptors (Lipinski definition) is 5. The highest BCUT2D eigenvalue weighted by Crippen LogP contribution is 2.04. The first-order valence-corrected chi connectivity index (χ1v) is 5.32. The van der Waals surface area contributed by atoms with Gasteiger partial charge >= 0.3 is 5.97 Å². The van der Waals surface area contributed by atoms with Crippen LogP contribution < -0.4 is 5.32 Å². The Hall–Kier alpha value is -1.43. The van der Waals surface area contributed by atoms with Crippen LogP contribution in [0.4, 0.5) is 0 Å². The van der Waals surface area contributed by atoms with Crippen molar-refractivity contribution in [2.45, 2.75) is 33.2 Å². The monoisotopic (exact) mass is 227 g/mol. The highest BCUT2D eigenvalue weighted by molar-refractivity contribution is 5.66. The van der Waals surface area contributed by atoms with Crippen molar-refractivity contribution in [3.63, 3.8) is 0 Å². The summed E-state index contributed by atoms with van der Waals surface area (Å²) in [6.45, 7) is 4.98. The number of nitrogens with zero attached hydrogens (tertiary/aromatic N) is 2. The van der Waals surface area contributed by atoms with Crippen LogP contribution in [0.5, 0.6) is 0 Å². The number of carboxylic acid groups (broad SMARTS) is 1. The third-order valence-corrected chi connectivity index (χ3v) is 1.89. The number of carboxylic acids is 1. The van der Waals surface area contributed by atoms with E-state index in [1.165, 1.54) is 0 Å². The van der Waals surface area contributed by atoms with E-state index in [2.05, 4.69) is 29.3 Å². The average molecular weight is 227 g/mol. The first-order chi connectivity index (χ1) is 7.58. The van der Waals surface area contributed by atoms with Gasteiger partial charge in [-0.15, -0.1) is 0 Å². The number of aliphatic carboxylic acids is 1. The molecule has 0 spiro atoms. The molecule has 0 saturated carbocycles. The Bertz CT molecular complexity index is 336. The molecule has 0 fully saturated rings. The van der Waals surface area contributed by atoms with Gasteiger partial charge in [0.15, 0.2) is 5.82 Å². The van der Waals surface area contributed by atoms with Crippen LogP contribution in [0.1, 0.15) is 32.0 Å². The lowest BCUT2D eigenvalue weighted by Gasteiger charge is -1.97. The summed E-state index contributed by atoms with van der Waals surface area (Å²) in [5.41, 5.74) is 0. The summed E-state index contributed by atoms with van der Waals surface area (Å²) in [4.78, 5) is 14.4. The van der Waals surface area contributed by atoms with Gasteiger partial charge in [0.25, 0.3) is 0 Å². The molecule has 16 heavy (non-hydrogen) atoms. The van der Waals surface area contributed by atoms with Crippen LogP contribution in [0.25, 0.3) is 0 Å². The van der Waals surface area contributed by atoms with Gasteiger partial charge in [-0.2, -0.15) is 4.98 Å². The molecule has 0 amide bonds. The van der Waals surface area contributed by atoms with E-state index in [1.54, 1.807) is 0 Å². The highest BCUT2D eigenvalue weighted by Gasteiger charge is 2.07. The zero-order chi connectivity index (χ0) is 12.0. The molecule has 6 nitrogen and oxygen atoms in total. The van der Waals surface area contributed by atoms with E-state index in [0.717, 1.165) is 6.42 Å². The molecule has 1 rings (SSSR count). The van der Waals surface area contributed by atoms with Gasteiger partial charge in [-0.3, -0.25) is 4.79 Å². The maximum absolute atomic E-state index is 10.2. The molecule has 0 aliphatic rings. The molecule has 0 aromatic carbocycles. The largest absolute Gasteiger partial charge is 0.481 e. The summed E-state index contributed by atoms with van der Waals surface area (Å²) in [7, 11) is 0. The second-order valence-electron chi connectivity index (χ2n) is 4.02. The molecule has 0 bridgehead atoms. The Morgan fingerprint density at radius 2 is 2.31 bits per heavy atom. The molecular formula is C10H17N3O3. The second-order valence-corrected chi connectivity index (χ2v) is 4.02. The lowest BCUT2D eigenvalue weighted by molar-refractivity contribution is -0.136. The first kappa shape index (κ1) is 12.6. The van der Waals surface area contributed by atoms with Gasteiger partial charge in [-0.25, -0.2) is 0 Å².